The second-order valence-corrected chi connectivity index (χ2v) is 4.05. The molecule has 2 radical (unpaired) electrons. The van der Waals surface area contributed by atoms with Crippen LogP contribution in [0, 0.1) is 12.3 Å². The fraction of sp³-hybridized carbons (Fsp3) is 0.333. The van der Waals surface area contributed by atoms with Crippen LogP contribution in [0.3, 0.4) is 0 Å². The smallest absolute Gasteiger partial charge is 0.0158 e. The average Bonchev–Trinajstić information content (AvgIpc) is 2.43. The van der Waals surface area contributed by atoms with Gasteiger partial charge in [0.1, 0.15) is 0 Å². The van der Waals surface area contributed by atoms with Gasteiger partial charge >= 0.3 is 0 Å². The van der Waals surface area contributed by atoms with Gasteiger partial charge in [-0.05, 0) is 30.4 Å². The molecule has 0 bridgehead atoms. The summed E-state index contributed by atoms with van der Waals surface area (Å²) >= 11 is 0. The molecule has 0 aliphatic heterocycles. The topological polar surface area (TPSA) is 0 Å². The molecule has 1 aromatic carbocycles. The van der Waals surface area contributed by atoms with Crippen molar-refractivity contribution in [2.75, 3.05) is 0 Å². The Balaban J connectivity index is 2.19. The van der Waals surface area contributed by atoms with Crippen molar-refractivity contribution in [3.8, 4) is 0 Å². The van der Waals surface area contributed by atoms with Crippen molar-refractivity contribution in [2.24, 2.45) is 0 Å². The molecule has 0 aromatic heterocycles. The Morgan fingerprint density at radius 1 is 1.25 bits per heavy atom. The monoisotopic (exact) mass is 156 g/mol. The fourth-order valence-electron chi connectivity index (χ4n) is 2.70. The van der Waals surface area contributed by atoms with Crippen molar-refractivity contribution < 1.29 is 0 Å². The quantitative estimate of drug-likeness (QED) is 0.542. The lowest BCUT2D eigenvalue weighted by atomic mass is 9.59. The number of fused-ring (bicyclic) bond motifs is 4. The molecule has 0 spiro atoms. The van der Waals surface area contributed by atoms with Crippen molar-refractivity contribution in [2.45, 2.75) is 25.2 Å². The van der Waals surface area contributed by atoms with Crippen LogP contribution >= 0.6 is 0 Å². The molecular weight excluding hydrogens is 144 g/mol. The maximum Gasteiger partial charge on any atom is 0.0158 e. The van der Waals surface area contributed by atoms with Crippen LogP contribution in [0.25, 0.3) is 0 Å². The van der Waals surface area contributed by atoms with Crippen LogP contribution in [0.4, 0.5) is 0 Å². The fourth-order valence-corrected chi connectivity index (χ4v) is 2.70. The summed E-state index contributed by atoms with van der Waals surface area (Å²) in [6.45, 7) is 2.37. The molecule has 0 saturated heterocycles. The maximum absolute atomic E-state index is 2.41. The molecule has 12 heavy (non-hydrogen) atoms. The standard InChI is InChI=1S/C12H12/c1-12-8-4-7-11(12)9-5-2-3-6-10(9)12/h2-6H,7-8H2,1H3. The third-order valence-corrected chi connectivity index (χ3v) is 3.41. The molecule has 0 heteroatoms. The highest BCUT2D eigenvalue weighted by Gasteiger charge is 2.50. The molecule has 1 fully saturated rings. The van der Waals surface area contributed by atoms with Crippen molar-refractivity contribution in [1.82, 2.24) is 0 Å². The molecule has 0 amide bonds. The predicted octanol–water partition coefficient (Wildman–Crippen LogP) is 2.88. The molecule has 1 unspecified atom stereocenters. The normalized spacial score (nSPS) is 32.4. The van der Waals surface area contributed by atoms with Gasteiger partial charge < -0.3 is 0 Å². The third kappa shape index (κ3) is 0.565. The highest BCUT2D eigenvalue weighted by Crippen LogP contribution is 2.59. The van der Waals surface area contributed by atoms with Gasteiger partial charge in [-0.15, -0.1) is 0 Å². The summed E-state index contributed by atoms with van der Waals surface area (Å²) in [5.74, 6) is 1.66. The van der Waals surface area contributed by atoms with E-state index in [-0.39, 0.29) is 0 Å². The van der Waals surface area contributed by atoms with Gasteiger partial charge in [-0.1, -0.05) is 31.2 Å². The Labute approximate surface area is 73.6 Å². The van der Waals surface area contributed by atoms with E-state index in [0.717, 1.165) is 0 Å². The summed E-state index contributed by atoms with van der Waals surface area (Å²) in [6, 6.07) is 8.83. The summed E-state index contributed by atoms with van der Waals surface area (Å²) < 4.78 is 0. The van der Waals surface area contributed by atoms with E-state index >= 15 is 0 Å². The molecule has 1 saturated carbocycles. The maximum atomic E-state index is 2.41. The Hall–Kier alpha value is -0.780. The zero-order chi connectivity index (χ0) is 8.18. The molecule has 2 aliphatic carbocycles. The molecule has 1 atom stereocenters. The van der Waals surface area contributed by atoms with Crippen LogP contribution < -0.4 is 0 Å². The average molecular weight is 156 g/mol. The molecular formula is C12H12. The van der Waals surface area contributed by atoms with E-state index in [9.17, 15) is 0 Å². The van der Waals surface area contributed by atoms with Crippen LogP contribution in [0.2, 0.25) is 0 Å². The molecule has 2 aliphatic rings. The van der Waals surface area contributed by atoms with E-state index in [4.69, 9.17) is 0 Å². The summed E-state index contributed by atoms with van der Waals surface area (Å²) in [6.07, 6.45) is 4.88. The predicted molar refractivity (Wildman–Crippen MR) is 49.7 cm³/mol. The summed E-state index contributed by atoms with van der Waals surface area (Å²) in [4.78, 5) is 0. The number of benzene rings is 1. The van der Waals surface area contributed by atoms with Crippen LogP contribution in [-0.2, 0) is 5.41 Å². The van der Waals surface area contributed by atoms with Gasteiger partial charge in [0.2, 0.25) is 0 Å². The van der Waals surface area contributed by atoms with E-state index in [0.29, 0.717) is 5.41 Å². The largest absolute Gasteiger partial charge is 0.0620 e. The first kappa shape index (κ1) is 6.71. The number of hydrogen-bond donors (Lipinski definition) is 0. The van der Waals surface area contributed by atoms with Crippen LogP contribution in [-0.4, -0.2) is 0 Å². The Kier molecular flexibility index (Phi) is 1.08. The van der Waals surface area contributed by atoms with Gasteiger partial charge in [-0.3, -0.25) is 0 Å². The lowest BCUT2D eigenvalue weighted by Crippen LogP contribution is -2.37. The molecule has 1 aromatic rings. The second kappa shape index (κ2) is 1.93. The van der Waals surface area contributed by atoms with Crippen molar-refractivity contribution in [3.05, 3.63) is 47.7 Å². The highest BCUT2D eigenvalue weighted by molar-refractivity contribution is 5.62. The van der Waals surface area contributed by atoms with Gasteiger partial charge in [-0.2, -0.15) is 0 Å². The minimum absolute atomic E-state index is 0.427. The number of rotatable bonds is 0. The van der Waals surface area contributed by atoms with E-state index < -0.39 is 0 Å². The van der Waals surface area contributed by atoms with Crippen molar-refractivity contribution >= 4 is 0 Å². The van der Waals surface area contributed by atoms with E-state index in [1.54, 1.807) is 11.5 Å². The Morgan fingerprint density at radius 3 is 3.00 bits per heavy atom. The Bertz CT molecular complexity index is 327. The van der Waals surface area contributed by atoms with Crippen LogP contribution in [0.5, 0.6) is 0 Å². The lowest BCUT2D eigenvalue weighted by Gasteiger charge is -2.44. The SMILES string of the molecule is CC12C[CH]C[C]1c1ccccc12. The first-order chi connectivity index (χ1) is 5.82. The summed E-state index contributed by atoms with van der Waals surface area (Å²) in [5, 5.41) is 0. The minimum Gasteiger partial charge on any atom is -0.0620 e. The van der Waals surface area contributed by atoms with Gasteiger partial charge in [-0.25, -0.2) is 0 Å². The van der Waals surface area contributed by atoms with Crippen molar-refractivity contribution in [3.63, 3.8) is 0 Å². The summed E-state index contributed by atoms with van der Waals surface area (Å²) in [5.41, 5.74) is 3.51. The van der Waals surface area contributed by atoms with Gasteiger partial charge in [0, 0.05) is 11.3 Å². The van der Waals surface area contributed by atoms with E-state index in [2.05, 4.69) is 37.6 Å². The molecule has 0 N–H and O–H groups in total. The van der Waals surface area contributed by atoms with Crippen LogP contribution in [0.15, 0.2) is 24.3 Å². The first-order valence-electron chi connectivity index (χ1n) is 4.60. The summed E-state index contributed by atoms with van der Waals surface area (Å²) in [7, 11) is 0. The Morgan fingerprint density at radius 2 is 2.08 bits per heavy atom. The number of hydrogen-bond acceptors (Lipinski definition) is 0. The minimum atomic E-state index is 0.427. The zero-order valence-corrected chi connectivity index (χ0v) is 7.30. The lowest BCUT2D eigenvalue weighted by molar-refractivity contribution is 0.491. The van der Waals surface area contributed by atoms with E-state index in [1.807, 2.05) is 0 Å². The second-order valence-electron chi connectivity index (χ2n) is 4.05. The molecule has 3 rings (SSSR count). The van der Waals surface area contributed by atoms with Gasteiger partial charge in [0.15, 0.2) is 0 Å². The third-order valence-electron chi connectivity index (χ3n) is 3.41. The van der Waals surface area contributed by atoms with Crippen molar-refractivity contribution in [1.29, 1.82) is 0 Å². The zero-order valence-electron chi connectivity index (χ0n) is 7.30. The first-order valence-corrected chi connectivity index (χ1v) is 4.60. The van der Waals surface area contributed by atoms with Crippen LogP contribution in [0.1, 0.15) is 30.9 Å². The highest BCUT2D eigenvalue weighted by atomic mass is 14.5. The van der Waals surface area contributed by atoms with Gasteiger partial charge in [0.05, 0.1) is 0 Å². The van der Waals surface area contributed by atoms with Gasteiger partial charge in [0.25, 0.3) is 0 Å². The van der Waals surface area contributed by atoms with E-state index in [1.165, 1.54) is 18.4 Å². The molecule has 0 heterocycles. The molecule has 60 valence electrons. The molecule has 0 nitrogen and oxygen atoms in total.